The molecule has 0 aliphatic heterocycles. The number of aryl methyl sites for hydroxylation is 2. The topological polar surface area (TPSA) is 77.1 Å². The van der Waals surface area contributed by atoms with Crippen molar-refractivity contribution in [3.63, 3.8) is 0 Å². The molecule has 0 saturated carbocycles. The van der Waals surface area contributed by atoms with Crippen molar-refractivity contribution in [2.45, 2.75) is 63.7 Å². The molecular weight excluding hydrogens is 406 g/mol. The summed E-state index contributed by atoms with van der Waals surface area (Å²) in [6, 6.07) is 3.79. The second kappa shape index (κ2) is 8.75. The molecule has 4 rings (SSSR count). The van der Waals surface area contributed by atoms with Crippen molar-refractivity contribution in [1.82, 2.24) is 14.9 Å². The first-order valence-corrected chi connectivity index (χ1v) is 11.9. The molecule has 0 bridgehead atoms. The Labute approximate surface area is 177 Å². The minimum Gasteiger partial charge on any atom is -0.467 e. The number of carbonyl (C=O) groups is 1. The highest BCUT2D eigenvalue weighted by molar-refractivity contribution is 7.99. The quantitative estimate of drug-likeness (QED) is 0.452. The zero-order valence-electron chi connectivity index (χ0n) is 16.7. The predicted molar refractivity (Wildman–Crippen MR) is 117 cm³/mol. The van der Waals surface area contributed by atoms with Crippen LogP contribution in [0.4, 0.5) is 0 Å². The molecule has 1 amide bonds. The smallest absolute Gasteiger partial charge is 0.263 e. The van der Waals surface area contributed by atoms with Crippen LogP contribution in [0, 0.1) is 0 Å². The number of thioether (sulfide) groups is 1. The van der Waals surface area contributed by atoms with E-state index in [1.54, 1.807) is 22.2 Å². The van der Waals surface area contributed by atoms with Crippen LogP contribution in [0.3, 0.4) is 0 Å². The first-order chi connectivity index (χ1) is 14.1. The Kier molecular flexibility index (Phi) is 6.10. The van der Waals surface area contributed by atoms with Gasteiger partial charge in [-0.15, -0.1) is 11.3 Å². The molecule has 154 valence electrons. The lowest BCUT2D eigenvalue weighted by molar-refractivity contribution is -0.119. The average molecular weight is 432 g/mol. The molecule has 0 radical (unpaired) electrons. The molecule has 29 heavy (non-hydrogen) atoms. The minimum absolute atomic E-state index is 0.0318. The number of amides is 1. The lowest BCUT2D eigenvalue weighted by Crippen LogP contribution is -2.33. The van der Waals surface area contributed by atoms with Gasteiger partial charge in [-0.05, 0) is 56.7 Å². The summed E-state index contributed by atoms with van der Waals surface area (Å²) in [7, 11) is 0. The predicted octanol–water partition coefficient (Wildman–Crippen LogP) is 3.98. The van der Waals surface area contributed by atoms with E-state index >= 15 is 0 Å². The van der Waals surface area contributed by atoms with E-state index in [2.05, 4.69) is 5.32 Å². The molecule has 1 aliphatic carbocycles. The summed E-state index contributed by atoms with van der Waals surface area (Å²) in [5.41, 5.74) is 1.14. The van der Waals surface area contributed by atoms with Crippen molar-refractivity contribution < 1.29 is 9.21 Å². The summed E-state index contributed by atoms with van der Waals surface area (Å²) in [5, 5.41) is 4.29. The van der Waals surface area contributed by atoms with Gasteiger partial charge in [0, 0.05) is 10.9 Å². The van der Waals surface area contributed by atoms with Gasteiger partial charge in [-0.2, -0.15) is 0 Å². The number of hydrogen-bond acceptors (Lipinski definition) is 6. The molecule has 3 aromatic heterocycles. The first kappa shape index (κ1) is 20.2. The zero-order chi connectivity index (χ0) is 20.4. The van der Waals surface area contributed by atoms with Gasteiger partial charge >= 0.3 is 0 Å². The first-order valence-electron chi connectivity index (χ1n) is 10.1. The van der Waals surface area contributed by atoms with E-state index in [0.29, 0.717) is 17.5 Å². The molecule has 8 heteroatoms. The Balaban J connectivity index is 1.71. The molecule has 0 saturated heterocycles. The van der Waals surface area contributed by atoms with Crippen molar-refractivity contribution in [2.24, 2.45) is 0 Å². The summed E-state index contributed by atoms with van der Waals surface area (Å²) in [4.78, 5) is 32.6. The third-order valence-corrected chi connectivity index (χ3v) is 7.45. The van der Waals surface area contributed by atoms with E-state index in [-0.39, 0.29) is 23.3 Å². The monoisotopic (exact) mass is 431 g/mol. The minimum atomic E-state index is -0.0475. The Morgan fingerprint density at radius 1 is 1.41 bits per heavy atom. The summed E-state index contributed by atoms with van der Waals surface area (Å²) < 4.78 is 7.13. The molecule has 1 N–H and O–H groups in total. The van der Waals surface area contributed by atoms with Crippen molar-refractivity contribution in [3.8, 4) is 0 Å². The van der Waals surface area contributed by atoms with E-state index in [1.165, 1.54) is 22.2 Å². The molecule has 1 atom stereocenters. The normalized spacial score (nSPS) is 14.7. The highest BCUT2D eigenvalue weighted by Crippen LogP contribution is 2.34. The van der Waals surface area contributed by atoms with Crippen LogP contribution < -0.4 is 10.9 Å². The second-order valence-corrected chi connectivity index (χ2v) is 9.45. The number of fused-ring (bicyclic) bond motifs is 3. The van der Waals surface area contributed by atoms with Gasteiger partial charge in [0.2, 0.25) is 5.91 Å². The van der Waals surface area contributed by atoms with Gasteiger partial charge in [-0.25, -0.2) is 4.98 Å². The molecule has 0 spiro atoms. The largest absolute Gasteiger partial charge is 0.467 e. The third kappa shape index (κ3) is 4.28. The molecule has 1 unspecified atom stereocenters. The molecule has 3 aromatic rings. The fraction of sp³-hybridized carbons (Fsp3) is 0.476. The van der Waals surface area contributed by atoms with E-state index in [0.717, 1.165) is 42.3 Å². The number of nitrogens with zero attached hydrogens (tertiary/aromatic N) is 2. The zero-order valence-corrected chi connectivity index (χ0v) is 18.3. The van der Waals surface area contributed by atoms with E-state index < -0.39 is 0 Å². The number of carbonyl (C=O) groups excluding carboxylic acids is 1. The van der Waals surface area contributed by atoms with Crippen molar-refractivity contribution in [2.75, 3.05) is 5.75 Å². The summed E-state index contributed by atoms with van der Waals surface area (Å²) >= 11 is 2.94. The van der Waals surface area contributed by atoms with Gasteiger partial charge in [0.1, 0.15) is 10.6 Å². The molecular formula is C21H25N3O3S2. The molecule has 3 heterocycles. The summed E-state index contributed by atoms with van der Waals surface area (Å²) in [6.07, 6.45) is 6.72. The lowest BCUT2D eigenvalue weighted by atomic mass is 9.97. The lowest BCUT2D eigenvalue weighted by Gasteiger charge is -2.14. The maximum Gasteiger partial charge on any atom is 0.263 e. The summed E-state index contributed by atoms with van der Waals surface area (Å²) in [5.74, 6) is 0.878. The Morgan fingerprint density at radius 3 is 3.00 bits per heavy atom. The number of aromatic nitrogens is 2. The van der Waals surface area contributed by atoms with Gasteiger partial charge in [0.15, 0.2) is 5.16 Å². The fourth-order valence-corrected chi connectivity index (χ4v) is 5.69. The summed E-state index contributed by atoms with van der Waals surface area (Å²) in [6.45, 7) is 4.33. The maximum atomic E-state index is 13.5. The van der Waals surface area contributed by atoms with Gasteiger partial charge in [0.25, 0.3) is 5.56 Å². The van der Waals surface area contributed by atoms with Gasteiger partial charge in [0.05, 0.1) is 23.9 Å². The molecule has 1 aliphatic rings. The molecule has 0 fully saturated rings. The highest BCUT2D eigenvalue weighted by atomic mass is 32.2. The standard InChI is InChI=1S/C21H25N3O3S2/c1-3-13(2)22-17(25)12-28-21-23-19-18(15-8-4-5-9-16(15)29-19)20(26)24(21)11-14-7-6-10-27-14/h6-7,10,13H,3-5,8-9,11-12H2,1-2H3,(H,22,25). The Bertz CT molecular complexity index is 1070. The Morgan fingerprint density at radius 2 is 2.24 bits per heavy atom. The van der Waals surface area contributed by atoms with Crippen LogP contribution in [0.15, 0.2) is 32.8 Å². The third-order valence-electron chi connectivity index (χ3n) is 5.29. The van der Waals surface area contributed by atoms with Crippen molar-refractivity contribution in [1.29, 1.82) is 0 Å². The Hall–Kier alpha value is -2.06. The van der Waals surface area contributed by atoms with Crippen molar-refractivity contribution >= 4 is 39.2 Å². The van der Waals surface area contributed by atoms with Crippen LogP contribution in [0.1, 0.15) is 49.3 Å². The van der Waals surface area contributed by atoms with Crippen LogP contribution in [0.2, 0.25) is 0 Å². The van der Waals surface area contributed by atoms with Gasteiger partial charge in [-0.3, -0.25) is 14.2 Å². The number of hydrogen-bond donors (Lipinski definition) is 1. The van der Waals surface area contributed by atoms with Crippen LogP contribution in [-0.4, -0.2) is 27.3 Å². The van der Waals surface area contributed by atoms with Crippen LogP contribution in [0.25, 0.3) is 10.2 Å². The van der Waals surface area contributed by atoms with E-state index in [1.807, 2.05) is 26.0 Å². The van der Waals surface area contributed by atoms with E-state index in [4.69, 9.17) is 9.40 Å². The van der Waals surface area contributed by atoms with Gasteiger partial charge in [-0.1, -0.05) is 18.7 Å². The van der Waals surface area contributed by atoms with E-state index in [9.17, 15) is 9.59 Å². The van der Waals surface area contributed by atoms with Crippen LogP contribution in [0.5, 0.6) is 0 Å². The van der Waals surface area contributed by atoms with Crippen LogP contribution in [-0.2, 0) is 24.2 Å². The highest BCUT2D eigenvalue weighted by Gasteiger charge is 2.23. The second-order valence-electron chi connectivity index (χ2n) is 7.42. The fourth-order valence-electron chi connectivity index (χ4n) is 3.58. The number of nitrogens with one attached hydrogen (secondary N) is 1. The van der Waals surface area contributed by atoms with Crippen LogP contribution >= 0.6 is 23.1 Å². The number of furan rings is 1. The van der Waals surface area contributed by atoms with Crippen molar-refractivity contribution in [3.05, 3.63) is 45.0 Å². The number of rotatable bonds is 7. The average Bonchev–Trinajstić information content (AvgIpc) is 3.35. The SMILES string of the molecule is CCC(C)NC(=O)CSc1nc2sc3c(c2c(=O)n1Cc1ccco1)CCCC3. The molecule has 6 nitrogen and oxygen atoms in total. The number of thiophene rings is 1. The van der Waals surface area contributed by atoms with Gasteiger partial charge < -0.3 is 9.73 Å². The maximum absolute atomic E-state index is 13.5. The molecule has 0 aromatic carbocycles.